The van der Waals surface area contributed by atoms with Gasteiger partial charge in [0.1, 0.15) is 11.5 Å². The fraction of sp³-hybridized carbons (Fsp3) is 0.167. The summed E-state index contributed by atoms with van der Waals surface area (Å²) in [6, 6.07) is 12.0. The van der Waals surface area contributed by atoms with Crippen LogP contribution in [0.4, 0.5) is 6.01 Å². The summed E-state index contributed by atoms with van der Waals surface area (Å²) in [6.45, 7) is 2.39. The van der Waals surface area contributed by atoms with E-state index in [-0.39, 0.29) is 17.5 Å². The molecule has 3 aromatic rings. The van der Waals surface area contributed by atoms with Gasteiger partial charge in [0.15, 0.2) is 0 Å². The zero-order valence-electron chi connectivity index (χ0n) is 14.2. The van der Waals surface area contributed by atoms with E-state index in [1.54, 1.807) is 24.3 Å². The molecule has 0 aliphatic carbocycles. The Kier molecular flexibility index (Phi) is 5.38. The van der Waals surface area contributed by atoms with Crippen molar-refractivity contribution in [2.24, 2.45) is 0 Å². The van der Waals surface area contributed by atoms with Crippen molar-refractivity contribution in [3.63, 3.8) is 0 Å². The number of carbonyl (C=O) groups is 1. The molecule has 1 amide bonds. The van der Waals surface area contributed by atoms with Crippen molar-refractivity contribution in [2.45, 2.75) is 6.92 Å². The minimum atomic E-state index is -0.474. The van der Waals surface area contributed by atoms with E-state index in [4.69, 9.17) is 25.5 Å². The van der Waals surface area contributed by atoms with E-state index >= 15 is 0 Å². The van der Waals surface area contributed by atoms with Crippen LogP contribution < -0.4 is 14.8 Å². The zero-order valence-corrected chi connectivity index (χ0v) is 14.9. The van der Waals surface area contributed by atoms with Crippen LogP contribution in [0.2, 0.25) is 5.02 Å². The molecule has 7 nitrogen and oxygen atoms in total. The van der Waals surface area contributed by atoms with Gasteiger partial charge in [-0.25, -0.2) is 0 Å². The highest BCUT2D eigenvalue weighted by molar-refractivity contribution is 6.31. The number of nitrogens with zero attached hydrogens (tertiary/aromatic N) is 2. The first-order valence-electron chi connectivity index (χ1n) is 7.83. The first kappa shape index (κ1) is 17.8. The number of ether oxygens (including phenoxy) is 2. The van der Waals surface area contributed by atoms with Crippen LogP contribution in [0.15, 0.2) is 46.9 Å². The number of rotatable bonds is 6. The van der Waals surface area contributed by atoms with E-state index in [2.05, 4.69) is 15.5 Å². The maximum absolute atomic E-state index is 12.5. The number of hydrogen-bond acceptors (Lipinski definition) is 6. The molecule has 26 heavy (non-hydrogen) atoms. The molecule has 1 heterocycles. The van der Waals surface area contributed by atoms with Gasteiger partial charge in [0, 0.05) is 5.02 Å². The second kappa shape index (κ2) is 7.88. The molecule has 0 saturated heterocycles. The highest BCUT2D eigenvalue weighted by atomic mass is 35.5. The third kappa shape index (κ3) is 3.78. The largest absolute Gasteiger partial charge is 0.496 e. The highest BCUT2D eigenvalue weighted by Crippen LogP contribution is 2.30. The fourth-order valence-electron chi connectivity index (χ4n) is 2.33. The molecule has 0 unspecified atom stereocenters. The Morgan fingerprint density at radius 1 is 1.19 bits per heavy atom. The lowest BCUT2D eigenvalue weighted by Crippen LogP contribution is -2.13. The van der Waals surface area contributed by atoms with Crippen molar-refractivity contribution in [1.82, 2.24) is 10.2 Å². The lowest BCUT2D eigenvalue weighted by molar-refractivity contribution is 0.102. The van der Waals surface area contributed by atoms with Gasteiger partial charge in [-0.3, -0.25) is 10.1 Å². The molecule has 8 heteroatoms. The Labute approximate surface area is 154 Å². The van der Waals surface area contributed by atoms with E-state index < -0.39 is 5.91 Å². The highest BCUT2D eigenvalue weighted by Gasteiger charge is 2.18. The van der Waals surface area contributed by atoms with Gasteiger partial charge >= 0.3 is 6.01 Å². The fourth-order valence-corrected chi connectivity index (χ4v) is 2.50. The summed E-state index contributed by atoms with van der Waals surface area (Å²) in [4.78, 5) is 12.5. The number of amides is 1. The van der Waals surface area contributed by atoms with Crippen LogP contribution in [0, 0.1) is 0 Å². The molecule has 0 spiro atoms. The minimum Gasteiger partial charge on any atom is -0.496 e. The van der Waals surface area contributed by atoms with Crippen LogP contribution in [0.5, 0.6) is 11.5 Å². The maximum Gasteiger partial charge on any atom is 0.322 e. The number of methoxy groups -OCH3 is 1. The number of aromatic nitrogens is 2. The normalized spacial score (nSPS) is 10.4. The van der Waals surface area contributed by atoms with Gasteiger partial charge in [-0.2, -0.15) is 0 Å². The third-order valence-corrected chi connectivity index (χ3v) is 3.70. The van der Waals surface area contributed by atoms with Crippen LogP contribution in [0.25, 0.3) is 11.5 Å². The first-order chi connectivity index (χ1) is 12.6. The summed E-state index contributed by atoms with van der Waals surface area (Å²) < 4.78 is 16.3. The lowest BCUT2D eigenvalue weighted by atomic mass is 10.2. The van der Waals surface area contributed by atoms with E-state index in [0.717, 1.165) is 0 Å². The molecule has 2 aromatic carbocycles. The number of benzene rings is 2. The van der Waals surface area contributed by atoms with E-state index in [1.165, 1.54) is 13.2 Å². The molecule has 0 bridgehead atoms. The van der Waals surface area contributed by atoms with Crippen LogP contribution in [0.3, 0.4) is 0 Å². The number of anilines is 1. The van der Waals surface area contributed by atoms with Gasteiger partial charge in [0.05, 0.1) is 24.8 Å². The molecule has 3 rings (SSSR count). The summed E-state index contributed by atoms with van der Waals surface area (Å²) >= 11 is 5.95. The standard InChI is InChI=1S/C18H16ClN3O4/c1-3-25-15-7-5-4-6-12(15)17-21-22-18(26-17)20-16(23)13-10-11(19)8-9-14(13)24-2/h4-10H,3H2,1-2H3,(H,20,22,23). The summed E-state index contributed by atoms with van der Waals surface area (Å²) in [6.07, 6.45) is 0. The van der Waals surface area contributed by atoms with Crippen LogP contribution in [-0.4, -0.2) is 29.8 Å². The molecular formula is C18H16ClN3O4. The Balaban J connectivity index is 1.83. The molecule has 1 N–H and O–H groups in total. The Morgan fingerprint density at radius 3 is 2.77 bits per heavy atom. The maximum atomic E-state index is 12.5. The van der Waals surface area contributed by atoms with Gasteiger partial charge in [-0.1, -0.05) is 28.8 Å². The summed E-state index contributed by atoms with van der Waals surface area (Å²) in [5.74, 6) is 0.765. The van der Waals surface area contributed by atoms with Crippen molar-refractivity contribution in [2.75, 3.05) is 19.0 Å². The molecule has 0 aliphatic rings. The molecule has 0 aliphatic heterocycles. The molecule has 0 atom stereocenters. The average molecular weight is 374 g/mol. The van der Waals surface area contributed by atoms with Gasteiger partial charge in [0.2, 0.25) is 0 Å². The smallest absolute Gasteiger partial charge is 0.322 e. The topological polar surface area (TPSA) is 86.5 Å². The quantitative estimate of drug-likeness (QED) is 0.701. The third-order valence-electron chi connectivity index (χ3n) is 3.47. The average Bonchev–Trinajstić information content (AvgIpc) is 3.10. The number of carbonyl (C=O) groups excluding carboxylic acids is 1. The molecular weight excluding hydrogens is 358 g/mol. The number of para-hydroxylation sites is 1. The SMILES string of the molecule is CCOc1ccccc1-c1nnc(NC(=O)c2cc(Cl)ccc2OC)o1. The number of hydrogen-bond donors (Lipinski definition) is 1. The van der Waals surface area contributed by atoms with Crippen molar-refractivity contribution < 1.29 is 18.7 Å². The van der Waals surface area contributed by atoms with E-state index in [1.807, 2.05) is 19.1 Å². The second-order valence-corrected chi connectivity index (χ2v) is 5.58. The van der Waals surface area contributed by atoms with E-state index in [9.17, 15) is 4.79 Å². The summed E-state index contributed by atoms with van der Waals surface area (Å²) in [5, 5.41) is 10.8. The summed E-state index contributed by atoms with van der Waals surface area (Å²) in [5.41, 5.74) is 0.900. The molecule has 0 fully saturated rings. The Hall–Kier alpha value is -3.06. The van der Waals surface area contributed by atoms with Gasteiger partial charge in [-0.15, -0.1) is 5.10 Å². The number of halogens is 1. The predicted octanol–water partition coefficient (Wildman–Crippen LogP) is 4.05. The van der Waals surface area contributed by atoms with Crippen LogP contribution in [0.1, 0.15) is 17.3 Å². The van der Waals surface area contributed by atoms with Crippen LogP contribution in [-0.2, 0) is 0 Å². The van der Waals surface area contributed by atoms with Crippen molar-refractivity contribution >= 4 is 23.5 Å². The molecule has 0 radical (unpaired) electrons. The van der Waals surface area contributed by atoms with Crippen LogP contribution >= 0.6 is 11.6 Å². The second-order valence-electron chi connectivity index (χ2n) is 5.14. The van der Waals surface area contributed by atoms with Crippen molar-refractivity contribution in [1.29, 1.82) is 0 Å². The van der Waals surface area contributed by atoms with Crippen molar-refractivity contribution in [3.8, 4) is 23.0 Å². The molecule has 1 aromatic heterocycles. The monoisotopic (exact) mass is 373 g/mol. The Bertz CT molecular complexity index is 926. The predicted molar refractivity (Wildman–Crippen MR) is 96.9 cm³/mol. The molecule has 0 saturated carbocycles. The zero-order chi connectivity index (χ0) is 18.5. The van der Waals surface area contributed by atoms with Gasteiger partial charge in [0.25, 0.3) is 11.8 Å². The van der Waals surface area contributed by atoms with Crippen molar-refractivity contribution in [3.05, 3.63) is 53.1 Å². The lowest BCUT2D eigenvalue weighted by Gasteiger charge is -2.07. The van der Waals surface area contributed by atoms with Gasteiger partial charge < -0.3 is 13.9 Å². The van der Waals surface area contributed by atoms with Gasteiger partial charge in [-0.05, 0) is 37.3 Å². The summed E-state index contributed by atoms with van der Waals surface area (Å²) in [7, 11) is 1.47. The first-order valence-corrected chi connectivity index (χ1v) is 8.20. The number of nitrogens with one attached hydrogen (secondary N) is 1. The Morgan fingerprint density at radius 2 is 2.00 bits per heavy atom. The minimum absolute atomic E-state index is 0.0432. The van der Waals surface area contributed by atoms with E-state index in [0.29, 0.717) is 28.7 Å². The molecule has 134 valence electrons.